The van der Waals surface area contributed by atoms with Gasteiger partial charge in [0.15, 0.2) is 18.1 Å². The van der Waals surface area contributed by atoms with Gasteiger partial charge in [0, 0.05) is 11.3 Å². The summed E-state index contributed by atoms with van der Waals surface area (Å²) in [5.41, 5.74) is 4.74. The van der Waals surface area contributed by atoms with Gasteiger partial charge in [-0.25, -0.2) is 0 Å². The highest BCUT2D eigenvalue weighted by Crippen LogP contribution is 2.28. The van der Waals surface area contributed by atoms with Gasteiger partial charge in [-0.3, -0.25) is 4.79 Å². The Morgan fingerprint density at radius 1 is 1.00 bits per heavy atom. The highest BCUT2D eigenvalue weighted by Gasteiger charge is 2.07. The highest BCUT2D eigenvalue weighted by molar-refractivity contribution is 5.92. The van der Waals surface area contributed by atoms with Crippen molar-refractivity contribution >= 4 is 17.8 Å². The average Bonchev–Trinajstić information content (AvgIpc) is 2.78. The molecule has 0 saturated heterocycles. The Hall–Kier alpha value is -3.80. The van der Waals surface area contributed by atoms with Gasteiger partial charge in [0.2, 0.25) is 0 Å². The maximum atomic E-state index is 12.0. The molecule has 3 rings (SSSR count). The van der Waals surface area contributed by atoms with Crippen LogP contribution in [0.1, 0.15) is 22.3 Å². The van der Waals surface area contributed by atoms with Gasteiger partial charge in [0.05, 0.1) is 13.3 Å². The van der Waals surface area contributed by atoms with Crippen LogP contribution in [0.5, 0.6) is 11.5 Å². The molecule has 6 heteroatoms. The number of ether oxygens (including phenoxy) is 2. The van der Waals surface area contributed by atoms with Crippen molar-refractivity contribution in [1.29, 1.82) is 0 Å². The maximum absolute atomic E-state index is 12.0. The summed E-state index contributed by atoms with van der Waals surface area (Å²) in [4.78, 5) is 17.2. The number of nitrogens with one attached hydrogen (secondary N) is 1. The van der Waals surface area contributed by atoms with E-state index in [2.05, 4.69) is 10.5 Å². The lowest BCUT2D eigenvalue weighted by molar-refractivity contribution is -0.120. The Kier molecular flexibility index (Phi) is 7.65. The molecule has 160 valence electrons. The summed E-state index contributed by atoms with van der Waals surface area (Å²) in [6.07, 6.45) is 1.52. The van der Waals surface area contributed by atoms with Crippen LogP contribution in [0.25, 0.3) is 0 Å². The predicted molar refractivity (Wildman–Crippen MR) is 122 cm³/mol. The molecule has 6 nitrogen and oxygen atoms in total. The molecule has 0 aliphatic rings. The normalized spacial score (nSPS) is 10.7. The van der Waals surface area contributed by atoms with Crippen LogP contribution in [0, 0.1) is 13.8 Å². The smallest absolute Gasteiger partial charge is 0.265 e. The van der Waals surface area contributed by atoms with Crippen LogP contribution in [-0.4, -0.2) is 25.8 Å². The molecule has 0 bridgehead atoms. The van der Waals surface area contributed by atoms with Crippen LogP contribution in [-0.2, 0) is 16.2 Å². The largest absolute Gasteiger partial charge is 0.493 e. The number of anilines is 1. The summed E-state index contributed by atoms with van der Waals surface area (Å²) in [7, 11) is 1.58. The monoisotopic (exact) mass is 418 g/mol. The first kappa shape index (κ1) is 21.9. The van der Waals surface area contributed by atoms with Crippen LogP contribution in [0.4, 0.5) is 5.69 Å². The number of hydrogen-bond acceptors (Lipinski definition) is 5. The first-order valence-electron chi connectivity index (χ1n) is 9.92. The third-order valence-electron chi connectivity index (χ3n) is 4.55. The number of carbonyl (C=O) groups excluding carboxylic acids is 1. The van der Waals surface area contributed by atoms with E-state index in [-0.39, 0.29) is 12.5 Å². The second-order valence-corrected chi connectivity index (χ2v) is 7.06. The van der Waals surface area contributed by atoms with Crippen LogP contribution < -0.4 is 14.8 Å². The van der Waals surface area contributed by atoms with Gasteiger partial charge in [-0.1, -0.05) is 53.2 Å². The van der Waals surface area contributed by atoms with Crippen molar-refractivity contribution in [3.63, 3.8) is 0 Å². The molecular formula is C25H26N2O4. The molecular weight excluding hydrogens is 392 g/mol. The van der Waals surface area contributed by atoms with Crippen molar-refractivity contribution in [3.05, 3.63) is 89.0 Å². The fourth-order valence-electron chi connectivity index (χ4n) is 2.95. The lowest BCUT2D eigenvalue weighted by atomic mass is 10.1. The zero-order valence-electron chi connectivity index (χ0n) is 17.9. The van der Waals surface area contributed by atoms with E-state index in [1.54, 1.807) is 13.2 Å². The van der Waals surface area contributed by atoms with Gasteiger partial charge in [-0.2, -0.15) is 0 Å². The molecule has 0 saturated carbocycles. The summed E-state index contributed by atoms with van der Waals surface area (Å²) in [6.45, 7) is 4.22. The number of aryl methyl sites for hydroxylation is 2. The molecule has 0 aromatic heterocycles. The van der Waals surface area contributed by atoms with Crippen molar-refractivity contribution in [1.82, 2.24) is 0 Å². The van der Waals surface area contributed by atoms with Gasteiger partial charge in [-0.15, -0.1) is 0 Å². The fraction of sp³-hybridized carbons (Fsp3) is 0.200. The quantitative estimate of drug-likeness (QED) is 0.397. The zero-order chi connectivity index (χ0) is 22.1. The molecule has 0 radical (unpaired) electrons. The number of hydrogen-bond donors (Lipinski definition) is 1. The molecule has 0 spiro atoms. The molecule has 1 N–H and O–H groups in total. The van der Waals surface area contributed by atoms with Crippen LogP contribution in [0.15, 0.2) is 71.9 Å². The number of benzene rings is 3. The van der Waals surface area contributed by atoms with Gasteiger partial charge >= 0.3 is 0 Å². The van der Waals surface area contributed by atoms with Crippen molar-refractivity contribution < 1.29 is 19.1 Å². The van der Waals surface area contributed by atoms with Crippen LogP contribution in [0.2, 0.25) is 0 Å². The molecule has 0 aliphatic carbocycles. The summed E-state index contributed by atoms with van der Waals surface area (Å²) < 4.78 is 11.3. The van der Waals surface area contributed by atoms with E-state index < -0.39 is 0 Å². The molecule has 0 atom stereocenters. The summed E-state index contributed by atoms with van der Waals surface area (Å²) in [5.74, 6) is 0.955. The minimum atomic E-state index is -0.272. The van der Waals surface area contributed by atoms with Gasteiger partial charge in [0.1, 0.15) is 6.61 Å². The minimum Gasteiger partial charge on any atom is -0.493 e. The van der Waals surface area contributed by atoms with Crippen LogP contribution >= 0.6 is 0 Å². The number of oxime groups is 1. The second-order valence-electron chi connectivity index (χ2n) is 7.06. The number of methoxy groups -OCH3 is 1. The third kappa shape index (κ3) is 6.60. The second kappa shape index (κ2) is 10.8. The molecule has 1 amide bonds. The lowest BCUT2D eigenvalue weighted by Crippen LogP contribution is -2.17. The first-order chi connectivity index (χ1) is 15.0. The van der Waals surface area contributed by atoms with Crippen molar-refractivity contribution in [3.8, 4) is 11.5 Å². The summed E-state index contributed by atoms with van der Waals surface area (Å²) in [6, 6.07) is 21.2. The van der Waals surface area contributed by atoms with Crippen molar-refractivity contribution in [2.24, 2.45) is 5.16 Å². The SMILES string of the molecule is COc1cc(C=NOCC(=O)Nc2ccc(C)cc2C)ccc1OCc1ccccc1. The average molecular weight is 418 g/mol. The number of nitrogens with zero attached hydrogens (tertiary/aromatic N) is 1. The van der Waals surface area contributed by atoms with E-state index in [0.29, 0.717) is 18.1 Å². The van der Waals surface area contributed by atoms with Crippen molar-refractivity contribution in [2.45, 2.75) is 20.5 Å². The number of amides is 1. The van der Waals surface area contributed by atoms with E-state index in [9.17, 15) is 4.79 Å². The van der Waals surface area contributed by atoms with Gasteiger partial charge in [-0.05, 0) is 49.2 Å². The standard InChI is InChI=1S/C25H26N2O4/c1-18-9-11-22(19(2)13-18)27-25(28)17-31-26-15-21-10-12-23(24(14-21)29-3)30-16-20-7-5-4-6-8-20/h4-15H,16-17H2,1-3H3,(H,27,28). The van der Waals surface area contributed by atoms with Crippen molar-refractivity contribution in [2.75, 3.05) is 19.0 Å². The Bertz CT molecular complexity index is 1050. The summed E-state index contributed by atoms with van der Waals surface area (Å²) in [5, 5.41) is 6.69. The lowest BCUT2D eigenvalue weighted by Gasteiger charge is -2.11. The minimum absolute atomic E-state index is 0.181. The predicted octanol–water partition coefficient (Wildman–Crippen LogP) is 4.88. The van der Waals surface area contributed by atoms with Gasteiger partial charge in [0.25, 0.3) is 5.91 Å². The van der Waals surface area contributed by atoms with E-state index in [1.807, 2.05) is 74.5 Å². The zero-order valence-corrected chi connectivity index (χ0v) is 17.9. The van der Waals surface area contributed by atoms with E-state index in [0.717, 1.165) is 27.9 Å². The molecule has 0 aliphatic heterocycles. The fourth-order valence-corrected chi connectivity index (χ4v) is 2.95. The Morgan fingerprint density at radius 2 is 1.81 bits per heavy atom. The van der Waals surface area contributed by atoms with E-state index >= 15 is 0 Å². The molecule has 0 unspecified atom stereocenters. The molecule has 31 heavy (non-hydrogen) atoms. The highest BCUT2D eigenvalue weighted by atomic mass is 16.6. The molecule has 0 heterocycles. The van der Waals surface area contributed by atoms with E-state index in [4.69, 9.17) is 14.3 Å². The topological polar surface area (TPSA) is 69.2 Å². The Morgan fingerprint density at radius 3 is 2.55 bits per heavy atom. The number of carbonyl (C=O) groups is 1. The Labute approximate surface area is 182 Å². The molecule has 0 fully saturated rings. The first-order valence-corrected chi connectivity index (χ1v) is 9.92. The maximum Gasteiger partial charge on any atom is 0.265 e. The van der Waals surface area contributed by atoms with E-state index in [1.165, 1.54) is 6.21 Å². The number of rotatable bonds is 9. The Balaban J connectivity index is 1.51. The molecule has 3 aromatic carbocycles. The summed E-state index contributed by atoms with van der Waals surface area (Å²) >= 11 is 0. The van der Waals surface area contributed by atoms with Gasteiger partial charge < -0.3 is 19.6 Å². The van der Waals surface area contributed by atoms with Crippen LogP contribution in [0.3, 0.4) is 0 Å². The molecule has 3 aromatic rings. The third-order valence-corrected chi connectivity index (χ3v) is 4.55.